The van der Waals surface area contributed by atoms with Gasteiger partial charge in [0.15, 0.2) is 0 Å². The molecule has 0 spiro atoms. The molecule has 4 rings (SSSR count). The minimum atomic E-state index is -0.168. The highest BCUT2D eigenvalue weighted by molar-refractivity contribution is 7.09. The SMILES string of the molecule is Cc1csc(CCc2nc(-c3cc4c([nH]c3=O)CCNC4)no2)n1. The summed E-state index contributed by atoms with van der Waals surface area (Å²) in [7, 11) is 0. The number of nitrogens with one attached hydrogen (secondary N) is 2. The second-order valence-electron chi connectivity index (χ2n) is 5.84. The Morgan fingerprint density at radius 3 is 3.08 bits per heavy atom. The van der Waals surface area contributed by atoms with Crippen molar-refractivity contribution < 1.29 is 4.52 Å². The Labute approximate surface area is 142 Å². The summed E-state index contributed by atoms with van der Waals surface area (Å²) in [6, 6.07) is 1.86. The molecule has 0 saturated heterocycles. The topological polar surface area (TPSA) is 96.7 Å². The molecule has 0 aliphatic carbocycles. The molecule has 0 radical (unpaired) electrons. The Morgan fingerprint density at radius 1 is 1.33 bits per heavy atom. The first-order valence-electron chi connectivity index (χ1n) is 7.89. The second kappa shape index (κ2) is 6.29. The summed E-state index contributed by atoms with van der Waals surface area (Å²) in [5.74, 6) is 0.864. The molecule has 0 aromatic carbocycles. The van der Waals surface area contributed by atoms with Gasteiger partial charge in [0.25, 0.3) is 5.56 Å². The number of hydrogen-bond acceptors (Lipinski definition) is 7. The summed E-state index contributed by atoms with van der Waals surface area (Å²) < 4.78 is 5.29. The Hall–Kier alpha value is -2.32. The summed E-state index contributed by atoms with van der Waals surface area (Å²) in [5.41, 5.74) is 3.39. The Bertz CT molecular complexity index is 927. The maximum absolute atomic E-state index is 12.3. The first-order valence-corrected chi connectivity index (χ1v) is 8.77. The zero-order chi connectivity index (χ0) is 16.5. The molecule has 0 fully saturated rings. The van der Waals surface area contributed by atoms with E-state index in [4.69, 9.17) is 4.52 Å². The maximum Gasteiger partial charge on any atom is 0.259 e. The minimum absolute atomic E-state index is 0.168. The van der Waals surface area contributed by atoms with E-state index in [-0.39, 0.29) is 5.56 Å². The fourth-order valence-electron chi connectivity index (χ4n) is 2.79. The lowest BCUT2D eigenvalue weighted by molar-refractivity contribution is 0.378. The predicted octanol–water partition coefficient (Wildman–Crippen LogP) is 1.62. The second-order valence-corrected chi connectivity index (χ2v) is 6.78. The number of H-pyrrole nitrogens is 1. The van der Waals surface area contributed by atoms with Crippen LogP contribution in [0, 0.1) is 6.92 Å². The van der Waals surface area contributed by atoms with Crippen LogP contribution in [-0.2, 0) is 25.8 Å². The maximum atomic E-state index is 12.3. The van der Waals surface area contributed by atoms with E-state index in [0.29, 0.717) is 23.7 Å². The van der Waals surface area contributed by atoms with Crippen LogP contribution < -0.4 is 10.9 Å². The normalized spacial score (nSPS) is 13.9. The van der Waals surface area contributed by atoms with Crippen LogP contribution in [0.15, 0.2) is 20.8 Å². The number of rotatable bonds is 4. The van der Waals surface area contributed by atoms with Crippen LogP contribution in [0.2, 0.25) is 0 Å². The van der Waals surface area contributed by atoms with Gasteiger partial charge < -0.3 is 14.8 Å². The van der Waals surface area contributed by atoms with E-state index in [0.717, 1.165) is 47.9 Å². The number of hydrogen-bond donors (Lipinski definition) is 2. The van der Waals surface area contributed by atoms with Crippen molar-refractivity contribution in [3.8, 4) is 11.4 Å². The molecule has 24 heavy (non-hydrogen) atoms. The van der Waals surface area contributed by atoms with E-state index >= 15 is 0 Å². The molecule has 4 heterocycles. The molecule has 0 unspecified atom stereocenters. The molecule has 1 aliphatic heterocycles. The van der Waals surface area contributed by atoms with Gasteiger partial charge in [0, 0.05) is 49.1 Å². The van der Waals surface area contributed by atoms with Crippen molar-refractivity contribution in [1.82, 2.24) is 25.4 Å². The fraction of sp³-hybridized carbons (Fsp3) is 0.375. The lowest BCUT2D eigenvalue weighted by Gasteiger charge is -2.16. The first-order chi connectivity index (χ1) is 11.7. The highest BCUT2D eigenvalue weighted by Gasteiger charge is 2.17. The number of aromatic amines is 1. The molecule has 8 heteroatoms. The van der Waals surface area contributed by atoms with Gasteiger partial charge in [0.1, 0.15) is 0 Å². The van der Waals surface area contributed by atoms with E-state index in [1.807, 2.05) is 18.4 Å². The Morgan fingerprint density at radius 2 is 2.25 bits per heavy atom. The molecule has 1 aliphatic rings. The van der Waals surface area contributed by atoms with Gasteiger partial charge in [-0.1, -0.05) is 5.16 Å². The van der Waals surface area contributed by atoms with Crippen molar-refractivity contribution in [2.45, 2.75) is 32.7 Å². The average molecular weight is 343 g/mol. The van der Waals surface area contributed by atoms with Crippen molar-refractivity contribution in [1.29, 1.82) is 0 Å². The Balaban J connectivity index is 1.55. The summed E-state index contributed by atoms with van der Waals surface area (Å²) in [5, 5.41) is 10.3. The van der Waals surface area contributed by atoms with Gasteiger partial charge in [0.2, 0.25) is 11.7 Å². The summed E-state index contributed by atoms with van der Waals surface area (Å²) >= 11 is 1.63. The average Bonchev–Trinajstić information content (AvgIpc) is 3.21. The fourth-order valence-corrected chi connectivity index (χ4v) is 3.57. The smallest absolute Gasteiger partial charge is 0.259 e. The molecule has 0 saturated carbocycles. The monoisotopic (exact) mass is 343 g/mol. The molecule has 2 N–H and O–H groups in total. The van der Waals surface area contributed by atoms with Gasteiger partial charge in [-0.05, 0) is 18.6 Å². The van der Waals surface area contributed by atoms with Crippen molar-refractivity contribution in [3.05, 3.63) is 49.6 Å². The van der Waals surface area contributed by atoms with Crippen LogP contribution in [0.3, 0.4) is 0 Å². The van der Waals surface area contributed by atoms with Crippen LogP contribution in [0.25, 0.3) is 11.4 Å². The molecule has 124 valence electrons. The van der Waals surface area contributed by atoms with Crippen LogP contribution in [-0.4, -0.2) is 26.7 Å². The van der Waals surface area contributed by atoms with E-state index in [1.165, 1.54) is 0 Å². The molecular weight excluding hydrogens is 326 g/mol. The lowest BCUT2D eigenvalue weighted by Crippen LogP contribution is -2.27. The number of nitrogens with zero attached hydrogens (tertiary/aromatic N) is 3. The zero-order valence-corrected chi connectivity index (χ0v) is 14.1. The third kappa shape index (κ3) is 3.02. The number of aromatic nitrogens is 4. The predicted molar refractivity (Wildman–Crippen MR) is 90.0 cm³/mol. The zero-order valence-electron chi connectivity index (χ0n) is 13.3. The summed E-state index contributed by atoms with van der Waals surface area (Å²) in [6.45, 7) is 3.60. The van der Waals surface area contributed by atoms with Crippen molar-refractivity contribution in [3.63, 3.8) is 0 Å². The van der Waals surface area contributed by atoms with Gasteiger partial charge in [-0.3, -0.25) is 4.79 Å². The molecule has 3 aromatic rings. The molecule has 0 atom stereocenters. The largest absolute Gasteiger partial charge is 0.339 e. The minimum Gasteiger partial charge on any atom is -0.339 e. The lowest BCUT2D eigenvalue weighted by atomic mass is 10.0. The van der Waals surface area contributed by atoms with Crippen LogP contribution >= 0.6 is 11.3 Å². The van der Waals surface area contributed by atoms with Gasteiger partial charge >= 0.3 is 0 Å². The Kier molecular flexibility index (Phi) is 3.99. The van der Waals surface area contributed by atoms with Gasteiger partial charge in [0.05, 0.1) is 10.6 Å². The van der Waals surface area contributed by atoms with Crippen LogP contribution in [0.4, 0.5) is 0 Å². The number of thiazole rings is 1. The van der Waals surface area contributed by atoms with Gasteiger partial charge in [-0.25, -0.2) is 4.98 Å². The van der Waals surface area contributed by atoms with Crippen molar-refractivity contribution in [2.75, 3.05) is 6.54 Å². The van der Waals surface area contributed by atoms with E-state index in [9.17, 15) is 4.79 Å². The third-order valence-electron chi connectivity index (χ3n) is 4.01. The number of pyridine rings is 1. The highest BCUT2D eigenvalue weighted by atomic mass is 32.1. The van der Waals surface area contributed by atoms with Gasteiger partial charge in [-0.2, -0.15) is 4.98 Å². The van der Waals surface area contributed by atoms with E-state index in [2.05, 4.69) is 25.4 Å². The van der Waals surface area contributed by atoms with Gasteiger partial charge in [-0.15, -0.1) is 11.3 Å². The molecule has 7 nitrogen and oxygen atoms in total. The van der Waals surface area contributed by atoms with E-state index in [1.54, 1.807) is 11.3 Å². The quantitative estimate of drug-likeness (QED) is 0.747. The number of aryl methyl sites for hydroxylation is 3. The summed E-state index contributed by atoms with van der Waals surface area (Å²) in [4.78, 5) is 24.0. The number of fused-ring (bicyclic) bond motifs is 1. The highest BCUT2D eigenvalue weighted by Crippen LogP contribution is 2.18. The van der Waals surface area contributed by atoms with Crippen molar-refractivity contribution >= 4 is 11.3 Å². The molecule has 0 amide bonds. The molecular formula is C16H17N5O2S. The van der Waals surface area contributed by atoms with E-state index < -0.39 is 0 Å². The molecule has 0 bridgehead atoms. The summed E-state index contributed by atoms with van der Waals surface area (Å²) in [6.07, 6.45) is 2.20. The standard InChI is InChI=1S/C16H17N5O2S/c1-9-8-24-14(18-9)3-2-13-20-15(21-23-13)11-6-10-7-17-5-4-12(10)19-16(11)22/h6,8,17H,2-5,7H2,1H3,(H,19,22). The first kappa shape index (κ1) is 15.2. The van der Waals surface area contributed by atoms with Crippen LogP contribution in [0.1, 0.15) is 27.8 Å². The third-order valence-corrected chi connectivity index (χ3v) is 5.04. The van der Waals surface area contributed by atoms with Crippen molar-refractivity contribution in [2.24, 2.45) is 0 Å². The molecule has 3 aromatic heterocycles. The van der Waals surface area contributed by atoms with Crippen LogP contribution in [0.5, 0.6) is 0 Å².